The standard InChI is InChI=1S/C23H23N3O2S/c1-14-13-26(9-8-25(14)3)18-6-4-17-10-19(23(27)28-21(17)12-18)16-5-7-20-22(11-16)29-15(2)24-20/h4-7,10-12,14H,8-9,13H2,1-3H3/t14-/m0/s1. The zero-order valence-corrected chi connectivity index (χ0v) is 17.6. The van der Waals surface area contributed by atoms with Gasteiger partial charge in [0.2, 0.25) is 0 Å². The van der Waals surface area contributed by atoms with Crippen LogP contribution in [-0.4, -0.2) is 42.6 Å². The second kappa shape index (κ2) is 6.97. The van der Waals surface area contributed by atoms with Gasteiger partial charge in [-0.25, -0.2) is 9.78 Å². The quantitative estimate of drug-likeness (QED) is 0.459. The van der Waals surface area contributed by atoms with E-state index in [-0.39, 0.29) is 5.63 Å². The van der Waals surface area contributed by atoms with Crippen LogP contribution in [0.5, 0.6) is 0 Å². The molecule has 6 heteroatoms. The lowest BCUT2D eigenvalue weighted by Crippen LogP contribution is -2.50. The summed E-state index contributed by atoms with van der Waals surface area (Å²) in [5.74, 6) is 0. The van der Waals surface area contributed by atoms with Crippen LogP contribution in [0.3, 0.4) is 0 Å². The molecule has 0 unspecified atom stereocenters. The van der Waals surface area contributed by atoms with Crippen LogP contribution in [0.25, 0.3) is 32.3 Å². The van der Waals surface area contributed by atoms with Gasteiger partial charge in [0, 0.05) is 42.8 Å². The third-order valence-corrected chi connectivity index (χ3v) is 6.78. The second-order valence-corrected chi connectivity index (χ2v) is 9.10. The van der Waals surface area contributed by atoms with Gasteiger partial charge in [-0.05, 0) is 56.8 Å². The number of benzene rings is 2. The fraction of sp³-hybridized carbons (Fsp3) is 0.304. The van der Waals surface area contributed by atoms with Crippen LogP contribution in [0.2, 0.25) is 0 Å². The number of aryl methyl sites for hydroxylation is 1. The van der Waals surface area contributed by atoms with Crippen molar-refractivity contribution in [1.82, 2.24) is 9.88 Å². The predicted octanol–water partition coefficient (Wildman–Crippen LogP) is 4.52. The molecule has 0 saturated carbocycles. The van der Waals surface area contributed by atoms with E-state index in [1.807, 2.05) is 37.3 Å². The molecule has 2 aromatic carbocycles. The summed E-state index contributed by atoms with van der Waals surface area (Å²) in [6.45, 7) is 7.21. The lowest BCUT2D eigenvalue weighted by molar-refractivity contribution is 0.234. The van der Waals surface area contributed by atoms with Gasteiger partial charge in [0.05, 0.1) is 20.8 Å². The highest BCUT2D eigenvalue weighted by molar-refractivity contribution is 7.18. The van der Waals surface area contributed by atoms with Crippen LogP contribution in [0.4, 0.5) is 5.69 Å². The molecule has 1 saturated heterocycles. The topological polar surface area (TPSA) is 49.6 Å². The summed E-state index contributed by atoms with van der Waals surface area (Å²) in [5.41, 5.74) is 3.86. The lowest BCUT2D eigenvalue weighted by atomic mass is 10.1. The second-order valence-electron chi connectivity index (χ2n) is 7.86. The molecule has 29 heavy (non-hydrogen) atoms. The van der Waals surface area contributed by atoms with Gasteiger partial charge in [-0.15, -0.1) is 11.3 Å². The molecule has 0 radical (unpaired) electrons. The lowest BCUT2D eigenvalue weighted by Gasteiger charge is -2.39. The molecule has 5 nitrogen and oxygen atoms in total. The van der Waals surface area contributed by atoms with E-state index in [0.29, 0.717) is 17.2 Å². The van der Waals surface area contributed by atoms with E-state index in [0.717, 1.165) is 51.5 Å². The Balaban J connectivity index is 1.53. The summed E-state index contributed by atoms with van der Waals surface area (Å²) in [6.07, 6.45) is 0. The van der Waals surface area contributed by atoms with E-state index in [1.165, 1.54) is 0 Å². The summed E-state index contributed by atoms with van der Waals surface area (Å²) in [7, 11) is 2.16. The first-order valence-corrected chi connectivity index (χ1v) is 10.7. The predicted molar refractivity (Wildman–Crippen MR) is 120 cm³/mol. The van der Waals surface area contributed by atoms with E-state index in [4.69, 9.17) is 4.42 Å². The SMILES string of the molecule is Cc1nc2ccc(-c3cc4ccc(N5CCN(C)[C@@H](C)C5)cc4oc3=O)cc2s1. The molecule has 148 valence electrons. The van der Waals surface area contributed by atoms with Crippen molar-refractivity contribution in [3.63, 3.8) is 0 Å². The van der Waals surface area contributed by atoms with Gasteiger partial charge < -0.3 is 14.2 Å². The van der Waals surface area contributed by atoms with E-state index in [9.17, 15) is 4.79 Å². The fourth-order valence-corrected chi connectivity index (χ4v) is 4.85. The number of likely N-dealkylation sites (N-methyl/N-ethyl adjacent to an activating group) is 1. The van der Waals surface area contributed by atoms with Crippen LogP contribution in [-0.2, 0) is 0 Å². The van der Waals surface area contributed by atoms with Crippen molar-refractivity contribution < 1.29 is 4.42 Å². The number of aromatic nitrogens is 1. The molecule has 1 atom stereocenters. The van der Waals surface area contributed by atoms with Crippen LogP contribution in [0, 0.1) is 6.92 Å². The average molecular weight is 406 g/mol. The molecule has 5 rings (SSSR count). The van der Waals surface area contributed by atoms with Crippen molar-refractivity contribution in [2.45, 2.75) is 19.9 Å². The zero-order valence-electron chi connectivity index (χ0n) is 16.8. The maximum absolute atomic E-state index is 12.8. The molecule has 2 aromatic heterocycles. The fourth-order valence-electron chi connectivity index (χ4n) is 3.99. The Labute approximate surface area is 173 Å². The summed E-state index contributed by atoms with van der Waals surface area (Å²) in [5, 5.41) is 1.96. The first kappa shape index (κ1) is 18.3. The number of nitrogens with zero attached hydrogens (tertiary/aromatic N) is 3. The van der Waals surface area contributed by atoms with Gasteiger partial charge >= 0.3 is 5.63 Å². The van der Waals surface area contributed by atoms with Gasteiger partial charge in [-0.3, -0.25) is 0 Å². The minimum atomic E-state index is -0.304. The number of rotatable bonds is 2. The zero-order chi connectivity index (χ0) is 20.1. The molecule has 1 aliphatic rings. The van der Waals surface area contributed by atoms with Crippen molar-refractivity contribution in [1.29, 1.82) is 0 Å². The van der Waals surface area contributed by atoms with E-state index >= 15 is 0 Å². The normalized spacial score (nSPS) is 18.0. The van der Waals surface area contributed by atoms with E-state index in [2.05, 4.69) is 40.9 Å². The Bertz CT molecular complexity index is 1280. The first-order chi connectivity index (χ1) is 14.0. The maximum Gasteiger partial charge on any atom is 0.344 e. The van der Waals surface area contributed by atoms with Gasteiger partial charge in [0.25, 0.3) is 0 Å². The molecule has 0 aliphatic carbocycles. The van der Waals surface area contributed by atoms with Crippen molar-refractivity contribution in [3.8, 4) is 11.1 Å². The minimum Gasteiger partial charge on any atom is -0.422 e. The molecular weight excluding hydrogens is 382 g/mol. The smallest absolute Gasteiger partial charge is 0.344 e. The Kier molecular flexibility index (Phi) is 4.41. The largest absolute Gasteiger partial charge is 0.422 e. The van der Waals surface area contributed by atoms with Gasteiger partial charge in [0.15, 0.2) is 0 Å². The summed E-state index contributed by atoms with van der Waals surface area (Å²) >= 11 is 1.64. The molecule has 0 N–H and O–H groups in total. The highest BCUT2D eigenvalue weighted by atomic mass is 32.1. The third kappa shape index (κ3) is 3.32. The van der Waals surface area contributed by atoms with E-state index in [1.54, 1.807) is 11.3 Å². The van der Waals surface area contributed by atoms with Crippen molar-refractivity contribution in [3.05, 3.63) is 57.9 Å². The van der Waals surface area contributed by atoms with Crippen molar-refractivity contribution in [2.75, 3.05) is 31.6 Å². The van der Waals surface area contributed by atoms with Crippen molar-refractivity contribution in [2.24, 2.45) is 0 Å². The van der Waals surface area contributed by atoms with Crippen LogP contribution in [0.15, 0.2) is 51.7 Å². The van der Waals surface area contributed by atoms with Crippen LogP contribution < -0.4 is 10.5 Å². The Morgan fingerprint density at radius 3 is 2.83 bits per heavy atom. The monoisotopic (exact) mass is 405 g/mol. The number of hydrogen-bond donors (Lipinski definition) is 0. The molecular formula is C23H23N3O2S. The summed E-state index contributed by atoms with van der Waals surface area (Å²) in [4.78, 5) is 22.0. The summed E-state index contributed by atoms with van der Waals surface area (Å²) < 4.78 is 6.82. The number of thiazole rings is 1. The highest BCUT2D eigenvalue weighted by Crippen LogP contribution is 2.29. The first-order valence-electron chi connectivity index (χ1n) is 9.88. The number of anilines is 1. The minimum absolute atomic E-state index is 0.304. The Morgan fingerprint density at radius 2 is 2.00 bits per heavy atom. The number of piperazine rings is 1. The summed E-state index contributed by atoms with van der Waals surface area (Å²) in [6, 6.07) is 14.5. The Morgan fingerprint density at radius 1 is 1.14 bits per heavy atom. The molecule has 0 spiro atoms. The molecule has 3 heterocycles. The maximum atomic E-state index is 12.8. The van der Waals surface area contributed by atoms with Gasteiger partial charge in [0.1, 0.15) is 5.58 Å². The molecule has 0 amide bonds. The average Bonchev–Trinajstić information content (AvgIpc) is 3.08. The highest BCUT2D eigenvalue weighted by Gasteiger charge is 2.21. The van der Waals surface area contributed by atoms with E-state index < -0.39 is 0 Å². The number of hydrogen-bond acceptors (Lipinski definition) is 6. The van der Waals surface area contributed by atoms with Crippen molar-refractivity contribution >= 4 is 38.2 Å². The Hall–Kier alpha value is -2.70. The van der Waals surface area contributed by atoms with Crippen LogP contribution >= 0.6 is 11.3 Å². The third-order valence-electron chi connectivity index (χ3n) is 5.85. The van der Waals surface area contributed by atoms with Crippen LogP contribution in [0.1, 0.15) is 11.9 Å². The van der Waals surface area contributed by atoms with Gasteiger partial charge in [-0.1, -0.05) is 6.07 Å². The molecule has 0 bridgehead atoms. The number of fused-ring (bicyclic) bond motifs is 2. The molecule has 1 aliphatic heterocycles. The van der Waals surface area contributed by atoms with Gasteiger partial charge in [-0.2, -0.15) is 0 Å². The molecule has 4 aromatic rings. The molecule has 1 fully saturated rings.